The zero-order valence-corrected chi connectivity index (χ0v) is 13.2. The quantitative estimate of drug-likeness (QED) is 0.774. The maximum Gasteiger partial charge on any atom is 0.147 e. The lowest BCUT2D eigenvalue weighted by molar-refractivity contribution is 0.358. The molecule has 2 aromatic heterocycles. The molecule has 0 unspecified atom stereocenters. The van der Waals surface area contributed by atoms with Crippen molar-refractivity contribution < 1.29 is 0 Å². The Morgan fingerprint density at radius 3 is 3.04 bits per heavy atom. The van der Waals surface area contributed by atoms with Gasteiger partial charge in [-0.25, -0.2) is 9.67 Å². The minimum atomic E-state index is 0.419. The van der Waals surface area contributed by atoms with Crippen LogP contribution in [0.25, 0.3) is 11.3 Å². The number of H-pyrrole nitrogens is 1. The van der Waals surface area contributed by atoms with Crippen molar-refractivity contribution in [2.45, 2.75) is 38.9 Å². The fourth-order valence-electron chi connectivity index (χ4n) is 3.15. The molecule has 6 nitrogen and oxygen atoms in total. The van der Waals surface area contributed by atoms with E-state index in [-0.39, 0.29) is 0 Å². The molecular formula is C17H20N6. The Bertz CT molecular complexity index is 789. The molecule has 0 saturated carbocycles. The second kappa shape index (κ2) is 5.96. The summed E-state index contributed by atoms with van der Waals surface area (Å²) >= 11 is 0. The van der Waals surface area contributed by atoms with Crippen LogP contribution in [0.15, 0.2) is 36.5 Å². The van der Waals surface area contributed by atoms with E-state index in [1.54, 1.807) is 0 Å². The van der Waals surface area contributed by atoms with E-state index in [0.717, 1.165) is 43.3 Å². The average Bonchev–Trinajstić information content (AvgIpc) is 3.18. The Morgan fingerprint density at radius 2 is 2.17 bits per heavy atom. The van der Waals surface area contributed by atoms with Gasteiger partial charge in [0.25, 0.3) is 0 Å². The van der Waals surface area contributed by atoms with Crippen LogP contribution < -0.4 is 5.32 Å². The number of aryl methyl sites for hydroxylation is 2. The third kappa shape index (κ3) is 2.90. The first kappa shape index (κ1) is 14.1. The van der Waals surface area contributed by atoms with E-state index in [1.165, 1.54) is 11.1 Å². The molecule has 6 heteroatoms. The molecule has 23 heavy (non-hydrogen) atoms. The lowest BCUT2D eigenvalue weighted by Gasteiger charge is -2.23. The maximum absolute atomic E-state index is 4.46. The number of aromatic nitrogens is 5. The fourth-order valence-corrected chi connectivity index (χ4v) is 3.15. The van der Waals surface area contributed by atoms with E-state index in [0.29, 0.717) is 6.04 Å². The summed E-state index contributed by atoms with van der Waals surface area (Å²) in [7, 11) is 0. The molecule has 118 valence electrons. The number of aromatic amines is 1. The van der Waals surface area contributed by atoms with Crippen LogP contribution in [-0.2, 0) is 19.5 Å². The predicted molar refractivity (Wildman–Crippen MR) is 87.7 cm³/mol. The first-order chi connectivity index (χ1) is 11.3. The number of benzene rings is 1. The Morgan fingerprint density at radius 1 is 1.30 bits per heavy atom. The van der Waals surface area contributed by atoms with Crippen molar-refractivity contribution >= 4 is 0 Å². The first-order valence-electron chi connectivity index (χ1n) is 8.01. The average molecular weight is 308 g/mol. The van der Waals surface area contributed by atoms with E-state index in [4.69, 9.17) is 0 Å². The predicted octanol–water partition coefficient (Wildman–Crippen LogP) is 2.08. The molecule has 0 aliphatic carbocycles. The Hall–Kier alpha value is -2.47. The smallest absolute Gasteiger partial charge is 0.147 e. The lowest BCUT2D eigenvalue weighted by atomic mass is 10.1. The van der Waals surface area contributed by atoms with Gasteiger partial charge in [-0.05, 0) is 18.9 Å². The summed E-state index contributed by atoms with van der Waals surface area (Å²) in [5.74, 6) is 1.97. The Labute approximate surface area is 135 Å². The van der Waals surface area contributed by atoms with Gasteiger partial charge in [-0.15, -0.1) is 0 Å². The second-order valence-electron chi connectivity index (χ2n) is 6.01. The van der Waals surface area contributed by atoms with E-state index < -0.39 is 0 Å². The van der Waals surface area contributed by atoms with Gasteiger partial charge in [0.15, 0.2) is 0 Å². The normalized spacial score (nSPS) is 17.2. The molecule has 0 bridgehead atoms. The molecule has 4 rings (SSSR count). The third-order valence-electron chi connectivity index (χ3n) is 4.33. The molecule has 2 N–H and O–H groups in total. The van der Waals surface area contributed by atoms with Crippen molar-refractivity contribution in [3.05, 3.63) is 53.7 Å². The van der Waals surface area contributed by atoms with E-state index in [9.17, 15) is 0 Å². The minimum Gasteiger partial charge on any atom is -0.308 e. The molecule has 1 atom stereocenters. The number of rotatable bonds is 4. The Balaban J connectivity index is 1.44. The molecule has 3 aromatic rings. The van der Waals surface area contributed by atoms with Crippen LogP contribution >= 0.6 is 0 Å². The van der Waals surface area contributed by atoms with Gasteiger partial charge in [-0.1, -0.05) is 30.3 Å². The van der Waals surface area contributed by atoms with Crippen LogP contribution in [0.5, 0.6) is 0 Å². The van der Waals surface area contributed by atoms with E-state index in [2.05, 4.69) is 37.7 Å². The van der Waals surface area contributed by atoms with Crippen molar-refractivity contribution in [2.24, 2.45) is 0 Å². The van der Waals surface area contributed by atoms with Crippen LogP contribution in [0, 0.1) is 6.92 Å². The van der Waals surface area contributed by atoms with Gasteiger partial charge in [-0.3, -0.25) is 5.10 Å². The third-order valence-corrected chi connectivity index (χ3v) is 4.33. The number of nitrogens with zero attached hydrogens (tertiary/aromatic N) is 4. The molecule has 3 heterocycles. The van der Waals surface area contributed by atoms with Gasteiger partial charge in [-0.2, -0.15) is 10.2 Å². The zero-order chi connectivity index (χ0) is 15.6. The monoisotopic (exact) mass is 308 g/mol. The van der Waals surface area contributed by atoms with Crippen LogP contribution in [0.2, 0.25) is 0 Å². The standard InChI is InChI=1S/C17H20N6/c1-12-20-16-8-7-15(11-23(16)22-12)18-9-14-10-19-21-17(14)13-5-3-2-4-6-13/h2-6,10,15,18H,7-9,11H2,1H3,(H,19,21)/t15-/m0/s1. The molecular weight excluding hydrogens is 288 g/mol. The summed E-state index contributed by atoms with van der Waals surface area (Å²) in [4.78, 5) is 4.46. The molecule has 1 aliphatic rings. The highest BCUT2D eigenvalue weighted by molar-refractivity contribution is 5.62. The van der Waals surface area contributed by atoms with Crippen molar-refractivity contribution in [1.82, 2.24) is 30.3 Å². The topological polar surface area (TPSA) is 71.4 Å². The summed E-state index contributed by atoms with van der Waals surface area (Å²) in [5.41, 5.74) is 3.45. The SMILES string of the molecule is Cc1nc2n(n1)C[C@@H](NCc1cn[nH]c1-c1ccccc1)CC2. The second-order valence-corrected chi connectivity index (χ2v) is 6.01. The number of nitrogens with one attached hydrogen (secondary N) is 2. The summed E-state index contributed by atoms with van der Waals surface area (Å²) < 4.78 is 2.03. The van der Waals surface area contributed by atoms with Crippen LogP contribution in [0.4, 0.5) is 0 Å². The molecule has 1 aliphatic heterocycles. The van der Waals surface area contributed by atoms with Crippen LogP contribution in [-0.4, -0.2) is 31.0 Å². The van der Waals surface area contributed by atoms with Gasteiger partial charge in [0.1, 0.15) is 11.6 Å². The Kier molecular flexibility index (Phi) is 3.67. The highest BCUT2D eigenvalue weighted by Crippen LogP contribution is 2.21. The summed E-state index contributed by atoms with van der Waals surface area (Å²) in [5, 5.41) is 15.4. The first-order valence-corrected chi connectivity index (χ1v) is 8.01. The summed E-state index contributed by atoms with van der Waals surface area (Å²) in [6.45, 7) is 3.63. The van der Waals surface area contributed by atoms with Gasteiger partial charge in [0.2, 0.25) is 0 Å². The molecule has 0 fully saturated rings. The minimum absolute atomic E-state index is 0.419. The molecule has 0 spiro atoms. The van der Waals surface area contributed by atoms with Gasteiger partial charge >= 0.3 is 0 Å². The zero-order valence-electron chi connectivity index (χ0n) is 13.2. The van der Waals surface area contributed by atoms with Crippen molar-refractivity contribution in [3.8, 4) is 11.3 Å². The summed E-state index contributed by atoms with van der Waals surface area (Å²) in [6, 6.07) is 10.7. The van der Waals surface area contributed by atoms with E-state index >= 15 is 0 Å². The highest BCUT2D eigenvalue weighted by atomic mass is 15.4. The van der Waals surface area contributed by atoms with Gasteiger partial charge in [0, 0.05) is 24.6 Å². The van der Waals surface area contributed by atoms with Crippen LogP contribution in [0.1, 0.15) is 23.6 Å². The molecule has 0 radical (unpaired) electrons. The van der Waals surface area contributed by atoms with Gasteiger partial charge in [0.05, 0.1) is 18.4 Å². The van der Waals surface area contributed by atoms with Crippen molar-refractivity contribution in [3.63, 3.8) is 0 Å². The molecule has 1 aromatic carbocycles. The van der Waals surface area contributed by atoms with Crippen molar-refractivity contribution in [1.29, 1.82) is 0 Å². The number of hydrogen-bond donors (Lipinski definition) is 2. The van der Waals surface area contributed by atoms with Gasteiger partial charge < -0.3 is 5.32 Å². The highest BCUT2D eigenvalue weighted by Gasteiger charge is 2.20. The molecule has 0 amide bonds. The number of hydrogen-bond acceptors (Lipinski definition) is 4. The number of fused-ring (bicyclic) bond motifs is 1. The van der Waals surface area contributed by atoms with Crippen molar-refractivity contribution in [2.75, 3.05) is 0 Å². The van der Waals surface area contributed by atoms with E-state index in [1.807, 2.05) is 36.0 Å². The molecule has 0 saturated heterocycles. The fraction of sp³-hybridized carbons (Fsp3) is 0.353. The lowest BCUT2D eigenvalue weighted by Crippen LogP contribution is -2.37. The summed E-state index contributed by atoms with van der Waals surface area (Å²) in [6.07, 6.45) is 3.98. The van der Waals surface area contributed by atoms with Crippen LogP contribution in [0.3, 0.4) is 0 Å². The largest absolute Gasteiger partial charge is 0.308 e. The maximum atomic E-state index is 4.46.